The van der Waals surface area contributed by atoms with Gasteiger partial charge in [-0.1, -0.05) is 0 Å². The number of nitrogens with two attached hydrogens (primary N) is 1. The van der Waals surface area contributed by atoms with Gasteiger partial charge < -0.3 is 5.73 Å². The largest absolute Gasteiger partial charge is 0.323 e. The van der Waals surface area contributed by atoms with Crippen LogP contribution in [0.5, 0.6) is 0 Å². The van der Waals surface area contributed by atoms with Gasteiger partial charge in [0.2, 0.25) is 0 Å². The summed E-state index contributed by atoms with van der Waals surface area (Å²) in [6, 6.07) is 3.81. The molecule has 0 spiro atoms. The van der Waals surface area contributed by atoms with Gasteiger partial charge in [-0.2, -0.15) is 5.10 Å². The molecule has 2 N–H and O–H groups in total. The second kappa shape index (κ2) is 2.81. The zero-order chi connectivity index (χ0) is 9.42. The first kappa shape index (κ1) is 8.19. The highest BCUT2D eigenvalue weighted by atomic mass is 15.3. The van der Waals surface area contributed by atoms with E-state index in [1.54, 1.807) is 10.9 Å². The maximum absolute atomic E-state index is 5.78. The van der Waals surface area contributed by atoms with Crippen molar-refractivity contribution >= 4 is 11.0 Å². The molecule has 0 aliphatic rings. The third kappa shape index (κ3) is 1.19. The fourth-order valence-corrected chi connectivity index (χ4v) is 1.42. The highest BCUT2D eigenvalue weighted by molar-refractivity contribution is 5.77. The summed E-state index contributed by atoms with van der Waals surface area (Å²) >= 11 is 0. The second-order valence-corrected chi connectivity index (χ2v) is 3.17. The number of nitrogens with zero attached hydrogens (tertiary/aromatic N) is 3. The van der Waals surface area contributed by atoms with Gasteiger partial charge in [0.05, 0.1) is 5.52 Å². The van der Waals surface area contributed by atoms with Crippen molar-refractivity contribution in [1.82, 2.24) is 14.8 Å². The average molecular weight is 176 g/mol. The Bertz CT molecular complexity index is 430. The van der Waals surface area contributed by atoms with E-state index in [9.17, 15) is 0 Å². The molecule has 1 atom stereocenters. The Morgan fingerprint density at radius 2 is 2.31 bits per heavy atom. The first-order valence-corrected chi connectivity index (χ1v) is 4.23. The number of fused-ring (bicyclic) bond motifs is 1. The van der Waals surface area contributed by atoms with Gasteiger partial charge in [-0.25, -0.2) is 0 Å². The fraction of sp³-hybridized carbons (Fsp3) is 0.333. The van der Waals surface area contributed by atoms with E-state index in [4.69, 9.17) is 5.73 Å². The van der Waals surface area contributed by atoms with E-state index in [1.807, 2.05) is 26.1 Å². The van der Waals surface area contributed by atoms with E-state index in [0.29, 0.717) is 0 Å². The van der Waals surface area contributed by atoms with Crippen molar-refractivity contribution in [3.63, 3.8) is 0 Å². The van der Waals surface area contributed by atoms with E-state index >= 15 is 0 Å². The van der Waals surface area contributed by atoms with Crippen LogP contribution in [-0.4, -0.2) is 14.8 Å². The van der Waals surface area contributed by atoms with Crippen molar-refractivity contribution in [2.45, 2.75) is 13.0 Å². The average Bonchev–Trinajstić information content (AvgIpc) is 2.45. The smallest absolute Gasteiger partial charge is 0.113 e. The molecule has 0 aliphatic carbocycles. The van der Waals surface area contributed by atoms with E-state index in [1.165, 1.54) is 0 Å². The Balaban J connectivity index is 2.78. The molecule has 0 saturated heterocycles. The maximum atomic E-state index is 5.78. The third-order valence-electron chi connectivity index (χ3n) is 2.07. The zero-order valence-corrected chi connectivity index (χ0v) is 7.73. The molecular weight excluding hydrogens is 164 g/mol. The van der Waals surface area contributed by atoms with Crippen molar-refractivity contribution < 1.29 is 0 Å². The summed E-state index contributed by atoms with van der Waals surface area (Å²) in [6.45, 7) is 1.91. The summed E-state index contributed by atoms with van der Waals surface area (Å²) < 4.78 is 1.81. The molecule has 0 aromatic carbocycles. The van der Waals surface area contributed by atoms with Gasteiger partial charge >= 0.3 is 0 Å². The van der Waals surface area contributed by atoms with Gasteiger partial charge in [-0.3, -0.25) is 9.67 Å². The number of pyridine rings is 1. The molecule has 4 nitrogen and oxygen atoms in total. The predicted molar refractivity (Wildman–Crippen MR) is 51.1 cm³/mol. The standard InChI is InChI=1S/C9H12N4/c1-6(10)8-9-7(13(2)12-8)4-3-5-11-9/h3-6H,10H2,1-2H3. The Morgan fingerprint density at radius 3 is 3.00 bits per heavy atom. The first-order chi connectivity index (χ1) is 6.20. The van der Waals surface area contributed by atoms with Gasteiger partial charge in [0.15, 0.2) is 0 Å². The van der Waals surface area contributed by atoms with Crippen LogP contribution in [0.25, 0.3) is 11.0 Å². The van der Waals surface area contributed by atoms with Gasteiger partial charge in [0.1, 0.15) is 11.2 Å². The second-order valence-electron chi connectivity index (χ2n) is 3.17. The Hall–Kier alpha value is -1.42. The molecule has 0 bridgehead atoms. The van der Waals surface area contributed by atoms with Crippen LogP contribution < -0.4 is 5.73 Å². The number of rotatable bonds is 1. The lowest BCUT2D eigenvalue weighted by molar-refractivity contribution is 0.712. The fourth-order valence-electron chi connectivity index (χ4n) is 1.42. The molecule has 4 heteroatoms. The van der Waals surface area contributed by atoms with Crippen LogP contribution in [0, 0.1) is 0 Å². The van der Waals surface area contributed by atoms with Gasteiger partial charge in [-0.15, -0.1) is 0 Å². The van der Waals surface area contributed by atoms with Crippen LogP contribution in [0.2, 0.25) is 0 Å². The maximum Gasteiger partial charge on any atom is 0.113 e. The lowest BCUT2D eigenvalue weighted by atomic mass is 10.2. The molecule has 0 saturated carbocycles. The lowest BCUT2D eigenvalue weighted by Crippen LogP contribution is -2.06. The van der Waals surface area contributed by atoms with Crippen LogP contribution in [0.3, 0.4) is 0 Å². The first-order valence-electron chi connectivity index (χ1n) is 4.23. The molecule has 0 amide bonds. The summed E-state index contributed by atoms with van der Waals surface area (Å²) in [7, 11) is 1.90. The quantitative estimate of drug-likeness (QED) is 0.704. The Labute approximate surface area is 76.4 Å². The van der Waals surface area contributed by atoms with Crippen LogP contribution in [-0.2, 0) is 7.05 Å². The van der Waals surface area contributed by atoms with Gasteiger partial charge in [-0.05, 0) is 19.1 Å². The molecule has 2 aromatic heterocycles. The SMILES string of the molecule is CC(N)c1nn(C)c2cccnc12. The minimum Gasteiger partial charge on any atom is -0.323 e. The van der Waals surface area contributed by atoms with Crippen molar-refractivity contribution in [1.29, 1.82) is 0 Å². The molecule has 1 unspecified atom stereocenters. The van der Waals surface area contributed by atoms with Crippen LogP contribution >= 0.6 is 0 Å². The molecule has 2 heterocycles. The Morgan fingerprint density at radius 1 is 1.54 bits per heavy atom. The number of aromatic nitrogens is 3. The molecule has 68 valence electrons. The molecular formula is C9H12N4. The summed E-state index contributed by atoms with van der Waals surface area (Å²) in [5.41, 5.74) is 8.56. The van der Waals surface area contributed by atoms with Crippen molar-refractivity contribution in [3.8, 4) is 0 Å². The van der Waals surface area contributed by atoms with E-state index < -0.39 is 0 Å². The summed E-state index contributed by atoms with van der Waals surface area (Å²) in [6.07, 6.45) is 1.76. The number of hydrogen-bond donors (Lipinski definition) is 1. The van der Waals surface area contributed by atoms with E-state index in [2.05, 4.69) is 10.1 Å². The molecule has 0 radical (unpaired) electrons. The third-order valence-corrected chi connectivity index (χ3v) is 2.07. The van der Waals surface area contributed by atoms with Crippen molar-refractivity contribution in [3.05, 3.63) is 24.0 Å². The summed E-state index contributed by atoms with van der Waals surface area (Å²) in [4.78, 5) is 4.26. The highest BCUT2D eigenvalue weighted by Gasteiger charge is 2.11. The molecule has 0 fully saturated rings. The highest BCUT2D eigenvalue weighted by Crippen LogP contribution is 2.18. The van der Waals surface area contributed by atoms with Crippen molar-refractivity contribution in [2.75, 3.05) is 0 Å². The number of hydrogen-bond acceptors (Lipinski definition) is 3. The summed E-state index contributed by atoms with van der Waals surface area (Å²) in [5, 5.41) is 4.32. The van der Waals surface area contributed by atoms with E-state index in [0.717, 1.165) is 16.7 Å². The normalized spacial score (nSPS) is 13.5. The molecule has 2 aromatic rings. The van der Waals surface area contributed by atoms with Gasteiger partial charge in [0.25, 0.3) is 0 Å². The number of aryl methyl sites for hydroxylation is 1. The van der Waals surface area contributed by atoms with Crippen LogP contribution in [0.4, 0.5) is 0 Å². The molecule has 2 rings (SSSR count). The zero-order valence-electron chi connectivity index (χ0n) is 7.73. The minimum absolute atomic E-state index is 0.0707. The predicted octanol–water partition coefficient (Wildman–Crippen LogP) is 0.988. The molecule has 13 heavy (non-hydrogen) atoms. The van der Waals surface area contributed by atoms with Gasteiger partial charge in [0, 0.05) is 19.3 Å². The molecule has 0 aliphatic heterocycles. The monoisotopic (exact) mass is 176 g/mol. The van der Waals surface area contributed by atoms with Crippen molar-refractivity contribution in [2.24, 2.45) is 12.8 Å². The van der Waals surface area contributed by atoms with E-state index in [-0.39, 0.29) is 6.04 Å². The summed E-state index contributed by atoms with van der Waals surface area (Å²) in [5.74, 6) is 0. The lowest BCUT2D eigenvalue weighted by Gasteiger charge is -1.98. The minimum atomic E-state index is -0.0707. The van der Waals surface area contributed by atoms with Crippen LogP contribution in [0.1, 0.15) is 18.7 Å². The Kier molecular flexibility index (Phi) is 1.77. The topological polar surface area (TPSA) is 56.7 Å². The van der Waals surface area contributed by atoms with Crippen LogP contribution in [0.15, 0.2) is 18.3 Å².